The van der Waals surface area contributed by atoms with E-state index in [1.165, 1.54) is 25.3 Å². The number of benzene rings is 2. The number of amides is 3. The van der Waals surface area contributed by atoms with Gasteiger partial charge in [-0.2, -0.15) is 0 Å². The predicted molar refractivity (Wildman–Crippen MR) is 115 cm³/mol. The molecule has 3 rings (SSSR count). The second-order valence-corrected chi connectivity index (χ2v) is 7.31. The summed E-state index contributed by atoms with van der Waals surface area (Å²) in [5.41, 5.74) is 1.52. The van der Waals surface area contributed by atoms with Gasteiger partial charge in [0.1, 0.15) is 18.1 Å². The molecular formula is C21H18FIN2O4. The Morgan fingerprint density at radius 1 is 1.28 bits per heavy atom. The number of methoxy groups -OCH3 is 1. The minimum atomic E-state index is -0.488. The molecular weight excluding hydrogens is 490 g/mol. The number of imide groups is 1. The highest BCUT2D eigenvalue weighted by Gasteiger charge is 2.32. The molecule has 2 aromatic carbocycles. The lowest BCUT2D eigenvalue weighted by Gasteiger charge is -2.14. The van der Waals surface area contributed by atoms with Crippen molar-refractivity contribution in [1.29, 1.82) is 0 Å². The van der Waals surface area contributed by atoms with Crippen LogP contribution in [0.15, 0.2) is 54.8 Å². The fourth-order valence-corrected chi connectivity index (χ4v) is 3.56. The Kier molecular flexibility index (Phi) is 6.53. The molecule has 0 aliphatic carbocycles. The Hall–Kier alpha value is -2.88. The molecule has 150 valence electrons. The van der Waals surface area contributed by atoms with Crippen molar-refractivity contribution in [2.75, 3.05) is 13.7 Å². The van der Waals surface area contributed by atoms with E-state index in [-0.39, 0.29) is 24.7 Å². The van der Waals surface area contributed by atoms with Gasteiger partial charge < -0.3 is 14.8 Å². The predicted octanol–water partition coefficient (Wildman–Crippen LogP) is 4.10. The number of hydrogen-bond donors (Lipinski definition) is 1. The summed E-state index contributed by atoms with van der Waals surface area (Å²) in [4.78, 5) is 25.3. The highest BCUT2D eigenvalue weighted by Crippen LogP contribution is 2.35. The van der Waals surface area contributed by atoms with Crippen LogP contribution in [-0.4, -0.2) is 30.5 Å². The summed E-state index contributed by atoms with van der Waals surface area (Å²) in [6, 6.07) is 9.17. The van der Waals surface area contributed by atoms with Gasteiger partial charge in [0.15, 0.2) is 11.5 Å². The number of hydrogen-bond acceptors (Lipinski definition) is 4. The minimum absolute atomic E-state index is 0.135. The third kappa shape index (κ3) is 4.76. The van der Waals surface area contributed by atoms with E-state index in [0.29, 0.717) is 22.6 Å². The third-order valence-electron chi connectivity index (χ3n) is 4.11. The third-order valence-corrected chi connectivity index (χ3v) is 4.91. The summed E-state index contributed by atoms with van der Waals surface area (Å²) >= 11 is 2.09. The standard InChI is InChI=1S/C21H18FIN2O4/c1-3-7-25-20(26)17(24-21(25)27)10-14-9-16(23)19(18(11-14)28-2)29-12-13-5-4-6-15(22)8-13/h3-6,8-11H,1,7,12H2,2H3,(H,24,27)/b17-10+. The molecule has 1 fully saturated rings. The van der Waals surface area contributed by atoms with E-state index in [1.54, 1.807) is 30.3 Å². The largest absolute Gasteiger partial charge is 0.493 e. The van der Waals surface area contributed by atoms with Gasteiger partial charge in [-0.05, 0) is 64.1 Å². The maximum absolute atomic E-state index is 13.3. The lowest BCUT2D eigenvalue weighted by molar-refractivity contribution is -0.122. The number of rotatable bonds is 7. The number of ether oxygens (including phenoxy) is 2. The van der Waals surface area contributed by atoms with Crippen LogP contribution in [0.5, 0.6) is 11.5 Å². The average molecular weight is 508 g/mol. The number of carbonyl (C=O) groups is 2. The zero-order chi connectivity index (χ0) is 21.0. The van der Waals surface area contributed by atoms with E-state index in [0.717, 1.165) is 8.47 Å². The van der Waals surface area contributed by atoms with Gasteiger partial charge in [0.25, 0.3) is 5.91 Å². The molecule has 8 heteroatoms. The summed E-state index contributed by atoms with van der Waals surface area (Å²) in [6.45, 7) is 3.86. The Labute approximate surface area is 181 Å². The van der Waals surface area contributed by atoms with E-state index >= 15 is 0 Å². The molecule has 1 aliphatic heterocycles. The summed E-state index contributed by atoms with van der Waals surface area (Å²) in [6.07, 6.45) is 3.06. The fraction of sp³-hybridized carbons (Fsp3) is 0.143. The van der Waals surface area contributed by atoms with Crippen LogP contribution in [0.4, 0.5) is 9.18 Å². The first-order valence-electron chi connectivity index (χ1n) is 8.63. The van der Waals surface area contributed by atoms with Crippen LogP contribution in [0, 0.1) is 9.39 Å². The molecule has 0 radical (unpaired) electrons. The van der Waals surface area contributed by atoms with Crippen LogP contribution >= 0.6 is 22.6 Å². The van der Waals surface area contributed by atoms with Crippen LogP contribution in [-0.2, 0) is 11.4 Å². The maximum Gasteiger partial charge on any atom is 0.329 e. The van der Waals surface area contributed by atoms with Crippen molar-refractivity contribution in [1.82, 2.24) is 10.2 Å². The molecule has 0 unspecified atom stereocenters. The Morgan fingerprint density at radius 2 is 2.07 bits per heavy atom. The van der Waals surface area contributed by atoms with Crippen LogP contribution in [0.2, 0.25) is 0 Å². The van der Waals surface area contributed by atoms with Crippen molar-refractivity contribution in [2.24, 2.45) is 0 Å². The molecule has 0 aromatic heterocycles. The highest BCUT2D eigenvalue weighted by atomic mass is 127. The van der Waals surface area contributed by atoms with Crippen molar-refractivity contribution < 1.29 is 23.5 Å². The number of nitrogens with one attached hydrogen (secondary N) is 1. The zero-order valence-electron chi connectivity index (χ0n) is 15.6. The normalized spacial score (nSPS) is 14.9. The number of nitrogens with zero attached hydrogens (tertiary/aromatic N) is 1. The summed E-state index contributed by atoms with van der Waals surface area (Å²) in [5.74, 6) is 0.216. The average Bonchev–Trinajstić information content (AvgIpc) is 2.94. The van der Waals surface area contributed by atoms with Crippen LogP contribution < -0.4 is 14.8 Å². The molecule has 1 heterocycles. The van der Waals surface area contributed by atoms with Gasteiger partial charge in [0.05, 0.1) is 10.7 Å². The summed E-state index contributed by atoms with van der Waals surface area (Å²) in [7, 11) is 1.51. The van der Waals surface area contributed by atoms with Gasteiger partial charge in [-0.25, -0.2) is 9.18 Å². The van der Waals surface area contributed by atoms with Crippen molar-refractivity contribution in [3.63, 3.8) is 0 Å². The monoisotopic (exact) mass is 508 g/mol. The van der Waals surface area contributed by atoms with Crippen LogP contribution in [0.1, 0.15) is 11.1 Å². The summed E-state index contributed by atoms with van der Waals surface area (Å²) < 4.78 is 25.3. The van der Waals surface area contributed by atoms with Crippen LogP contribution in [0.3, 0.4) is 0 Å². The first-order chi connectivity index (χ1) is 13.9. The molecule has 1 N–H and O–H groups in total. The van der Waals surface area contributed by atoms with Crippen molar-refractivity contribution in [3.05, 3.63) is 75.3 Å². The fourth-order valence-electron chi connectivity index (χ4n) is 2.78. The van der Waals surface area contributed by atoms with E-state index in [4.69, 9.17) is 9.47 Å². The molecule has 29 heavy (non-hydrogen) atoms. The zero-order valence-corrected chi connectivity index (χ0v) is 17.7. The maximum atomic E-state index is 13.3. The number of halogens is 2. The highest BCUT2D eigenvalue weighted by molar-refractivity contribution is 14.1. The summed E-state index contributed by atoms with van der Waals surface area (Å²) in [5, 5.41) is 2.55. The van der Waals surface area contributed by atoms with Crippen molar-refractivity contribution >= 4 is 40.6 Å². The second-order valence-electron chi connectivity index (χ2n) is 6.15. The molecule has 0 atom stereocenters. The first kappa shape index (κ1) is 20.8. The van der Waals surface area contributed by atoms with E-state index < -0.39 is 11.9 Å². The van der Waals surface area contributed by atoms with E-state index in [2.05, 4.69) is 34.5 Å². The second kappa shape index (κ2) is 9.08. The van der Waals surface area contributed by atoms with Gasteiger partial charge in [-0.3, -0.25) is 9.69 Å². The van der Waals surface area contributed by atoms with Crippen molar-refractivity contribution in [2.45, 2.75) is 6.61 Å². The van der Waals surface area contributed by atoms with Gasteiger partial charge in [-0.1, -0.05) is 18.2 Å². The lowest BCUT2D eigenvalue weighted by Crippen LogP contribution is -2.30. The van der Waals surface area contributed by atoms with E-state index in [9.17, 15) is 14.0 Å². The van der Waals surface area contributed by atoms with Crippen LogP contribution in [0.25, 0.3) is 6.08 Å². The smallest absolute Gasteiger partial charge is 0.329 e. The molecule has 0 saturated carbocycles. The number of carbonyl (C=O) groups excluding carboxylic acids is 2. The van der Waals surface area contributed by atoms with Gasteiger partial charge >= 0.3 is 6.03 Å². The molecule has 1 aliphatic rings. The SMILES string of the molecule is C=CCN1C(=O)N/C(=C/c2cc(I)c(OCc3cccc(F)c3)c(OC)c2)C1=O. The molecule has 0 bridgehead atoms. The lowest BCUT2D eigenvalue weighted by atomic mass is 10.1. The van der Waals surface area contributed by atoms with E-state index in [1.807, 2.05) is 0 Å². The first-order valence-corrected chi connectivity index (χ1v) is 9.71. The van der Waals surface area contributed by atoms with Gasteiger partial charge in [0.2, 0.25) is 0 Å². The Bertz CT molecular complexity index is 1010. The van der Waals surface area contributed by atoms with Crippen molar-refractivity contribution in [3.8, 4) is 11.5 Å². The molecule has 3 amide bonds. The quantitative estimate of drug-likeness (QED) is 0.265. The molecule has 1 saturated heterocycles. The van der Waals surface area contributed by atoms with Gasteiger partial charge in [-0.15, -0.1) is 6.58 Å². The topological polar surface area (TPSA) is 67.9 Å². The molecule has 6 nitrogen and oxygen atoms in total. The molecule has 2 aromatic rings. The minimum Gasteiger partial charge on any atom is -0.493 e. The van der Waals surface area contributed by atoms with Gasteiger partial charge in [0, 0.05) is 6.54 Å². The Balaban J connectivity index is 1.84. The number of urea groups is 1. The Morgan fingerprint density at radius 3 is 2.76 bits per heavy atom. The molecule has 0 spiro atoms.